The predicted octanol–water partition coefficient (Wildman–Crippen LogP) is -0.360. The fraction of sp³-hybridized carbons (Fsp3) is 0.667. The predicted molar refractivity (Wildman–Crippen MR) is 68.8 cm³/mol. The number of hydrogen-bond acceptors (Lipinski definition) is 4. The lowest BCUT2D eigenvalue weighted by molar-refractivity contribution is -0.139. The van der Waals surface area contributed by atoms with Crippen molar-refractivity contribution in [3.05, 3.63) is 0 Å². The van der Waals surface area contributed by atoms with Crippen LogP contribution in [0, 0.1) is 0 Å². The minimum absolute atomic E-state index is 0.0339. The van der Waals surface area contributed by atoms with E-state index in [1.165, 1.54) is 11.9 Å². The molecular weight excluding hydrogens is 266 g/mol. The molecule has 0 aromatic rings. The lowest BCUT2D eigenvalue weighted by Crippen LogP contribution is -2.43. The second-order valence-electron chi connectivity index (χ2n) is 5.26. The van der Waals surface area contributed by atoms with Crippen LogP contribution < -0.4 is 5.32 Å². The van der Waals surface area contributed by atoms with Gasteiger partial charge in [-0.3, -0.25) is 19.3 Å². The highest BCUT2D eigenvalue weighted by molar-refractivity contribution is 6.08. The van der Waals surface area contributed by atoms with Crippen LogP contribution in [0.2, 0.25) is 0 Å². The molecule has 1 heterocycles. The zero-order chi connectivity index (χ0) is 15.5. The monoisotopic (exact) mass is 285 g/mol. The molecule has 2 N–H and O–H groups in total. The van der Waals surface area contributed by atoms with Gasteiger partial charge in [-0.1, -0.05) is 0 Å². The van der Waals surface area contributed by atoms with E-state index in [9.17, 15) is 19.2 Å². The van der Waals surface area contributed by atoms with Gasteiger partial charge in [0.05, 0.1) is 0 Å². The van der Waals surface area contributed by atoms with Crippen LogP contribution in [0.1, 0.15) is 26.7 Å². The van der Waals surface area contributed by atoms with Crippen molar-refractivity contribution in [1.82, 2.24) is 15.1 Å². The minimum atomic E-state index is -1.00. The Hall–Kier alpha value is -2.12. The molecule has 8 nitrogen and oxygen atoms in total. The molecule has 1 saturated heterocycles. The summed E-state index contributed by atoms with van der Waals surface area (Å²) in [7, 11) is 1.51. The molecule has 0 aromatic carbocycles. The zero-order valence-corrected chi connectivity index (χ0v) is 11.8. The number of hydrogen-bond donors (Lipinski definition) is 2. The van der Waals surface area contributed by atoms with Crippen molar-refractivity contribution in [3.63, 3.8) is 0 Å². The second kappa shape index (κ2) is 5.89. The summed E-state index contributed by atoms with van der Waals surface area (Å²) in [6, 6.07) is -0.590. The van der Waals surface area contributed by atoms with Crippen molar-refractivity contribution >= 4 is 23.8 Å². The zero-order valence-electron chi connectivity index (χ0n) is 11.8. The van der Waals surface area contributed by atoms with E-state index in [1.54, 1.807) is 13.8 Å². The molecular formula is C12H19N3O5. The van der Waals surface area contributed by atoms with E-state index in [0.717, 1.165) is 4.90 Å². The van der Waals surface area contributed by atoms with E-state index in [1.807, 2.05) is 0 Å². The summed E-state index contributed by atoms with van der Waals surface area (Å²) in [5, 5.41) is 11.0. The Balaban J connectivity index is 2.52. The number of imide groups is 1. The largest absolute Gasteiger partial charge is 0.481 e. The van der Waals surface area contributed by atoms with Gasteiger partial charge >= 0.3 is 12.0 Å². The molecule has 1 aliphatic rings. The second-order valence-corrected chi connectivity index (χ2v) is 5.26. The van der Waals surface area contributed by atoms with Crippen LogP contribution in [0.4, 0.5) is 4.79 Å². The molecule has 1 aliphatic heterocycles. The first-order valence-electron chi connectivity index (χ1n) is 6.25. The number of carbonyl (C=O) groups excluding carboxylic acids is 3. The van der Waals surface area contributed by atoms with Crippen molar-refractivity contribution in [2.24, 2.45) is 0 Å². The molecule has 20 heavy (non-hydrogen) atoms. The van der Waals surface area contributed by atoms with E-state index in [0.29, 0.717) is 6.42 Å². The summed E-state index contributed by atoms with van der Waals surface area (Å²) in [4.78, 5) is 47.9. The van der Waals surface area contributed by atoms with E-state index < -0.39 is 29.4 Å². The topological polar surface area (TPSA) is 107 Å². The third-order valence-electron chi connectivity index (χ3n) is 3.05. The van der Waals surface area contributed by atoms with Gasteiger partial charge in [-0.15, -0.1) is 0 Å². The Morgan fingerprint density at radius 2 is 1.95 bits per heavy atom. The number of nitrogens with zero attached hydrogens (tertiary/aromatic N) is 2. The highest BCUT2D eigenvalue weighted by Crippen LogP contribution is 2.16. The molecule has 0 radical (unpaired) electrons. The molecule has 0 aliphatic carbocycles. The Bertz CT molecular complexity index is 446. The van der Waals surface area contributed by atoms with Crippen LogP contribution >= 0.6 is 0 Å². The van der Waals surface area contributed by atoms with Gasteiger partial charge in [0.1, 0.15) is 12.1 Å². The van der Waals surface area contributed by atoms with Crippen LogP contribution in [-0.2, 0) is 14.4 Å². The molecule has 4 amide bonds. The van der Waals surface area contributed by atoms with Gasteiger partial charge in [0, 0.05) is 20.0 Å². The van der Waals surface area contributed by atoms with E-state index in [4.69, 9.17) is 5.11 Å². The van der Waals surface area contributed by atoms with Gasteiger partial charge < -0.3 is 15.3 Å². The lowest BCUT2D eigenvalue weighted by atomic mass is 10.1. The Labute approximate surface area is 116 Å². The van der Waals surface area contributed by atoms with E-state index >= 15 is 0 Å². The third kappa shape index (κ3) is 3.69. The van der Waals surface area contributed by atoms with Crippen molar-refractivity contribution in [2.45, 2.75) is 32.2 Å². The number of urea groups is 1. The Morgan fingerprint density at radius 3 is 2.40 bits per heavy atom. The number of rotatable bonds is 6. The average molecular weight is 285 g/mol. The summed E-state index contributed by atoms with van der Waals surface area (Å²) >= 11 is 0. The normalized spacial score (nSPS) is 17.1. The maximum absolute atomic E-state index is 11.9. The molecule has 8 heteroatoms. The third-order valence-corrected chi connectivity index (χ3v) is 3.05. The van der Waals surface area contributed by atoms with Gasteiger partial charge in [0.2, 0.25) is 5.91 Å². The number of aliphatic carboxylic acids is 1. The highest BCUT2D eigenvalue weighted by Gasteiger charge is 2.45. The summed E-state index contributed by atoms with van der Waals surface area (Å²) < 4.78 is 0. The minimum Gasteiger partial charge on any atom is -0.481 e. The fourth-order valence-electron chi connectivity index (χ4n) is 1.81. The quantitative estimate of drug-likeness (QED) is 0.648. The molecule has 0 atom stereocenters. The molecule has 0 aromatic heterocycles. The first-order valence-corrected chi connectivity index (χ1v) is 6.25. The molecule has 0 spiro atoms. The van der Waals surface area contributed by atoms with E-state index in [-0.39, 0.29) is 19.5 Å². The van der Waals surface area contributed by atoms with E-state index in [2.05, 4.69) is 5.32 Å². The molecule has 0 saturated carbocycles. The number of carbonyl (C=O) groups is 4. The van der Waals surface area contributed by atoms with Gasteiger partial charge in [0.25, 0.3) is 5.91 Å². The lowest BCUT2D eigenvalue weighted by Gasteiger charge is -2.20. The Morgan fingerprint density at radius 1 is 1.35 bits per heavy atom. The molecule has 0 bridgehead atoms. The van der Waals surface area contributed by atoms with Crippen LogP contribution in [0.25, 0.3) is 0 Å². The number of likely N-dealkylation sites (N-methyl/N-ethyl adjacent to an activating group) is 1. The van der Waals surface area contributed by atoms with Crippen molar-refractivity contribution in [1.29, 1.82) is 0 Å². The van der Waals surface area contributed by atoms with Crippen molar-refractivity contribution in [2.75, 3.05) is 20.1 Å². The van der Waals surface area contributed by atoms with Gasteiger partial charge in [-0.2, -0.15) is 0 Å². The fourth-order valence-corrected chi connectivity index (χ4v) is 1.81. The number of carboxylic acids is 1. The number of amides is 4. The molecule has 1 rings (SSSR count). The summed E-state index contributed by atoms with van der Waals surface area (Å²) in [5.74, 6) is -1.78. The van der Waals surface area contributed by atoms with Gasteiger partial charge in [0.15, 0.2) is 0 Å². The first kappa shape index (κ1) is 15.9. The highest BCUT2D eigenvalue weighted by atomic mass is 16.4. The van der Waals surface area contributed by atoms with Gasteiger partial charge in [-0.25, -0.2) is 4.79 Å². The standard InChI is InChI=1S/C12H19N3O5/c1-12(2)10(19)15(11(20)13-12)7-8(16)14(3)6-4-5-9(17)18/h4-7H2,1-3H3,(H,13,20)(H,17,18). The van der Waals surface area contributed by atoms with Gasteiger partial charge in [-0.05, 0) is 20.3 Å². The van der Waals surface area contributed by atoms with Crippen molar-refractivity contribution in [3.8, 4) is 0 Å². The number of nitrogens with one attached hydrogen (secondary N) is 1. The summed E-state index contributed by atoms with van der Waals surface area (Å²) in [6.45, 7) is 3.05. The summed E-state index contributed by atoms with van der Waals surface area (Å²) in [6.07, 6.45) is 0.289. The number of carboxylic acid groups (broad SMARTS) is 1. The van der Waals surface area contributed by atoms with Crippen LogP contribution in [-0.4, -0.2) is 64.4 Å². The average Bonchev–Trinajstić information content (AvgIpc) is 2.50. The van der Waals surface area contributed by atoms with Crippen LogP contribution in [0.15, 0.2) is 0 Å². The first-order chi connectivity index (χ1) is 9.15. The van der Waals surface area contributed by atoms with Crippen LogP contribution in [0.5, 0.6) is 0 Å². The maximum atomic E-state index is 11.9. The SMILES string of the molecule is CN(CCCC(=O)O)C(=O)CN1C(=O)NC(C)(C)C1=O. The smallest absolute Gasteiger partial charge is 0.325 e. The Kier molecular flexibility index (Phi) is 4.69. The molecule has 1 fully saturated rings. The molecule has 112 valence electrons. The molecule has 0 unspecified atom stereocenters. The maximum Gasteiger partial charge on any atom is 0.325 e. The van der Waals surface area contributed by atoms with Crippen LogP contribution in [0.3, 0.4) is 0 Å². The summed E-state index contributed by atoms with van der Waals surface area (Å²) in [5.41, 5.74) is -1.00. The van der Waals surface area contributed by atoms with Crippen molar-refractivity contribution < 1.29 is 24.3 Å².